The summed E-state index contributed by atoms with van der Waals surface area (Å²) in [4.78, 5) is 40.1. The van der Waals surface area contributed by atoms with Crippen molar-refractivity contribution >= 4 is 51.4 Å². The third-order valence-electron chi connectivity index (χ3n) is 6.39. The molecule has 3 atom stereocenters. The minimum Gasteiger partial charge on any atom is -0.444 e. The number of rotatable bonds is 5. The van der Waals surface area contributed by atoms with E-state index >= 15 is 0 Å². The molecule has 0 radical (unpaired) electrons. The Hall–Kier alpha value is -3.27. The molecule has 2 N–H and O–H groups in total. The van der Waals surface area contributed by atoms with Crippen LogP contribution in [0.4, 0.5) is 21.6 Å². The summed E-state index contributed by atoms with van der Waals surface area (Å²) in [5, 5.41) is 8.39. The minimum absolute atomic E-state index is 0.151. The van der Waals surface area contributed by atoms with Gasteiger partial charge in [-0.1, -0.05) is 11.3 Å². The predicted molar refractivity (Wildman–Crippen MR) is 136 cm³/mol. The van der Waals surface area contributed by atoms with Gasteiger partial charge < -0.3 is 20.3 Å². The highest BCUT2D eigenvalue weighted by Gasteiger charge is 2.42. The maximum absolute atomic E-state index is 12.9. The third kappa shape index (κ3) is 5.22. The maximum atomic E-state index is 12.9. The van der Waals surface area contributed by atoms with Crippen LogP contribution in [0, 0.1) is 0 Å². The number of ether oxygens (including phenoxy) is 1. The van der Waals surface area contributed by atoms with E-state index < -0.39 is 5.60 Å². The molecular formula is C25H30N6O3S. The number of hydrogen-bond acceptors (Lipinski definition) is 9. The summed E-state index contributed by atoms with van der Waals surface area (Å²) in [5.74, 6) is 1.36. The van der Waals surface area contributed by atoms with Gasteiger partial charge in [-0.05, 0) is 65.0 Å². The number of hydrogen-bond donors (Lipinski definition) is 2. The molecule has 3 aromatic heterocycles. The number of piperidine rings is 2. The van der Waals surface area contributed by atoms with E-state index in [0.717, 1.165) is 55.1 Å². The number of fused-ring (bicyclic) bond motifs is 3. The standard InChI is InChI=1S/C25H30N6O3S/c1-25(2,3)34-24(33)31-16-6-4-7-17(31)11-15(10-16)28-22-19-8-5-9-26-20(19)12-21(29-22)30-23-27-13-18(14-32)35-23/h5,8-9,12-17H,4,6-7,10-11H2,1-3H3,(H2,27,28,29,30)/t15?,16-,17+. The fourth-order valence-corrected chi connectivity index (χ4v) is 5.70. The highest BCUT2D eigenvalue weighted by atomic mass is 32.1. The summed E-state index contributed by atoms with van der Waals surface area (Å²) in [6.07, 6.45) is 8.64. The summed E-state index contributed by atoms with van der Waals surface area (Å²) >= 11 is 1.27. The molecule has 2 fully saturated rings. The van der Waals surface area contributed by atoms with Crippen molar-refractivity contribution in [3.63, 3.8) is 0 Å². The van der Waals surface area contributed by atoms with E-state index in [1.54, 1.807) is 6.20 Å². The van der Waals surface area contributed by atoms with Crippen molar-refractivity contribution in [2.24, 2.45) is 0 Å². The zero-order valence-corrected chi connectivity index (χ0v) is 21.0. The lowest BCUT2D eigenvalue weighted by atomic mass is 9.82. The van der Waals surface area contributed by atoms with Crippen LogP contribution in [-0.4, -0.2) is 56.0 Å². The van der Waals surface area contributed by atoms with Crippen LogP contribution in [-0.2, 0) is 4.74 Å². The summed E-state index contributed by atoms with van der Waals surface area (Å²) in [6, 6.07) is 6.26. The zero-order valence-electron chi connectivity index (χ0n) is 20.2. The van der Waals surface area contributed by atoms with Gasteiger partial charge in [0.1, 0.15) is 17.2 Å². The zero-order chi connectivity index (χ0) is 24.6. The SMILES string of the molecule is CC(C)(C)OC(=O)N1[C@@H]2CCC[C@H]1CC(Nc1nc(Nc3ncc(C=O)s3)cc3ncccc13)C2. The summed E-state index contributed by atoms with van der Waals surface area (Å²) < 4.78 is 5.72. The van der Waals surface area contributed by atoms with Gasteiger partial charge >= 0.3 is 6.09 Å². The van der Waals surface area contributed by atoms with Crippen molar-refractivity contribution in [1.29, 1.82) is 0 Å². The molecule has 35 heavy (non-hydrogen) atoms. The topological polar surface area (TPSA) is 109 Å². The highest BCUT2D eigenvalue weighted by Crippen LogP contribution is 2.37. The quantitative estimate of drug-likeness (QED) is 0.455. The molecule has 0 aromatic carbocycles. The lowest BCUT2D eigenvalue weighted by Gasteiger charge is -2.48. The van der Waals surface area contributed by atoms with Crippen molar-refractivity contribution in [3.8, 4) is 0 Å². The van der Waals surface area contributed by atoms with E-state index in [4.69, 9.17) is 9.72 Å². The molecule has 1 unspecified atom stereocenters. The van der Waals surface area contributed by atoms with Gasteiger partial charge in [0.15, 0.2) is 11.4 Å². The number of amides is 1. The normalized spacial score (nSPS) is 22.0. The van der Waals surface area contributed by atoms with Gasteiger partial charge in [0.25, 0.3) is 0 Å². The fourth-order valence-electron chi connectivity index (χ4n) is 5.06. The predicted octanol–water partition coefficient (Wildman–Crippen LogP) is 5.37. The molecule has 10 heteroatoms. The van der Waals surface area contributed by atoms with Gasteiger partial charge in [-0.15, -0.1) is 0 Å². The van der Waals surface area contributed by atoms with E-state index in [9.17, 15) is 9.59 Å². The number of carbonyl (C=O) groups excluding carboxylic acids is 2. The molecule has 5 heterocycles. The Kier molecular flexibility index (Phi) is 6.31. The first-order chi connectivity index (χ1) is 16.8. The summed E-state index contributed by atoms with van der Waals surface area (Å²) in [7, 11) is 0. The first kappa shape index (κ1) is 23.5. The average molecular weight is 495 g/mol. The van der Waals surface area contributed by atoms with Gasteiger partial charge in [0, 0.05) is 35.8 Å². The van der Waals surface area contributed by atoms with Gasteiger partial charge in [-0.3, -0.25) is 9.78 Å². The van der Waals surface area contributed by atoms with Gasteiger partial charge in [-0.2, -0.15) is 0 Å². The van der Waals surface area contributed by atoms with Crippen LogP contribution in [0.3, 0.4) is 0 Å². The second-order valence-corrected chi connectivity index (χ2v) is 11.2. The van der Waals surface area contributed by atoms with E-state index in [0.29, 0.717) is 15.8 Å². The Bertz CT molecular complexity index is 1230. The average Bonchev–Trinajstić information content (AvgIpc) is 3.25. The molecule has 0 aliphatic carbocycles. The molecule has 3 aromatic rings. The molecule has 5 rings (SSSR count). The summed E-state index contributed by atoms with van der Waals surface area (Å²) in [6.45, 7) is 5.73. The first-order valence-corrected chi connectivity index (χ1v) is 12.8. The van der Waals surface area contributed by atoms with E-state index in [-0.39, 0.29) is 24.2 Å². The number of carbonyl (C=O) groups is 2. The van der Waals surface area contributed by atoms with Gasteiger partial charge in [-0.25, -0.2) is 14.8 Å². The molecule has 9 nitrogen and oxygen atoms in total. The van der Waals surface area contributed by atoms with Crippen molar-refractivity contribution < 1.29 is 14.3 Å². The maximum Gasteiger partial charge on any atom is 0.410 e. The lowest BCUT2D eigenvalue weighted by molar-refractivity contribution is -0.0199. The largest absolute Gasteiger partial charge is 0.444 e. The molecule has 184 valence electrons. The van der Waals surface area contributed by atoms with Crippen molar-refractivity contribution in [2.45, 2.75) is 76.6 Å². The van der Waals surface area contributed by atoms with Crippen molar-refractivity contribution in [1.82, 2.24) is 19.9 Å². The second-order valence-electron chi connectivity index (χ2n) is 10.2. The van der Waals surface area contributed by atoms with E-state index in [1.807, 2.05) is 43.9 Å². The molecule has 2 bridgehead atoms. The Morgan fingerprint density at radius 3 is 2.69 bits per heavy atom. The number of anilines is 3. The van der Waals surface area contributed by atoms with Crippen LogP contribution in [0.1, 0.15) is 62.5 Å². The van der Waals surface area contributed by atoms with Crippen LogP contribution in [0.25, 0.3) is 10.9 Å². The molecule has 2 aliphatic heterocycles. The van der Waals surface area contributed by atoms with Crippen LogP contribution in [0.15, 0.2) is 30.6 Å². The Morgan fingerprint density at radius 2 is 2.00 bits per heavy atom. The number of nitrogens with one attached hydrogen (secondary N) is 2. The van der Waals surface area contributed by atoms with Crippen LogP contribution < -0.4 is 10.6 Å². The van der Waals surface area contributed by atoms with Gasteiger partial charge in [0.2, 0.25) is 0 Å². The smallest absolute Gasteiger partial charge is 0.410 e. The molecule has 2 saturated heterocycles. The molecular weight excluding hydrogens is 464 g/mol. The molecule has 1 amide bonds. The van der Waals surface area contributed by atoms with Crippen LogP contribution in [0.5, 0.6) is 0 Å². The number of thiazole rings is 1. The van der Waals surface area contributed by atoms with E-state index in [2.05, 4.69) is 20.6 Å². The number of nitrogens with zero attached hydrogens (tertiary/aromatic N) is 4. The van der Waals surface area contributed by atoms with Crippen molar-refractivity contribution in [3.05, 3.63) is 35.5 Å². The van der Waals surface area contributed by atoms with E-state index in [1.165, 1.54) is 17.5 Å². The Balaban J connectivity index is 1.37. The van der Waals surface area contributed by atoms with Crippen molar-refractivity contribution in [2.75, 3.05) is 10.6 Å². The molecule has 0 spiro atoms. The third-order valence-corrected chi connectivity index (χ3v) is 7.23. The number of aldehydes is 1. The minimum atomic E-state index is -0.506. The monoisotopic (exact) mass is 494 g/mol. The molecule has 2 aliphatic rings. The first-order valence-electron chi connectivity index (χ1n) is 12.0. The Morgan fingerprint density at radius 1 is 1.23 bits per heavy atom. The molecule has 0 saturated carbocycles. The highest BCUT2D eigenvalue weighted by molar-refractivity contribution is 7.17. The Labute approximate surface area is 208 Å². The van der Waals surface area contributed by atoms with Crippen LogP contribution >= 0.6 is 11.3 Å². The number of pyridine rings is 2. The number of aromatic nitrogens is 3. The summed E-state index contributed by atoms with van der Waals surface area (Å²) in [5.41, 5.74) is 0.305. The van der Waals surface area contributed by atoms with Crippen LogP contribution in [0.2, 0.25) is 0 Å². The van der Waals surface area contributed by atoms with Gasteiger partial charge in [0.05, 0.1) is 16.6 Å². The lowest BCUT2D eigenvalue weighted by Crippen LogP contribution is -2.58. The fraction of sp³-hybridized carbons (Fsp3) is 0.480. The second kappa shape index (κ2) is 9.41.